The van der Waals surface area contributed by atoms with Gasteiger partial charge in [-0.2, -0.15) is 5.10 Å². The van der Waals surface area contributed by atoms with E-state index in [0.717, 1.165) is 43.9 Å². The minimum atomic E-state index is 0.543. The van der Waals surface area contributed by atoms with E-state index >= 15 is 0 Å². The van der Waals surface area contributed by atoms with Crippen LogP contribution >= 0.6 is 11.3 Å². The third-order valence-electron chi connectivity index (χ3n) is 4.73. The number of fused-ring (bicyclic) bond motifs is 1. The molecule has 2 heterocycles. The molecule has 0 amide bonds. The summed E-state index contributed by atoms with van der Waals surface area (Å²) >= 11 is 1.57. The summed E-state index contributed by atoms with van der Waals surface area (Å²) in [6.45, 7) is 6.31. The molecule has 0 saturated carbocycles. The van der Waals surface area contributed by atoms with Crippen LogP contribution in [0, 0.1) is 0 Å². The van der Waals surface area contributed by atoms with Crippen LogP contribution in [0.5, 0.6) is 5.75 Å². The topological polar surface area (TPSA) is 51.8 Å². The number of hydrogen-bond donors (Lipinski definition) is 0. The number of aromatic nitrogens is 2. The van der Waals surface area contributed by atoms with Crippen LogP contribution in [0.4, 0.5) is 0 Å². The van der Waals surface area contributed by atoms with Crippen molar-refractivity contribution in [2.75, 3.05) is 13.7 Å². The van der Waals surface area contributed by atoms with Crippen LogP contribution in [-0.2, 0) is 0 Å². The highest BCUT2D eigenvalue weighted by Gasteiger charge is 2.10. The highest BCUT2D eigenvalue weighted by molar-refractivity contribution is 7.07. The SMILES string of the molecule is C=CCN=c1scc(-c2ccc3cc(OC)ccc3c2)n1N=C(C)c1ccncc1. The average Bonchev–Trinajstić information content (AvgIpc) is 3.19. The molecule has 0 N–H and O–H groups in total. The van der Waals surface area contributed by atoms with Crippen LogP contribution in [0.1, 0.15) is 12.5 Å². The van der Waals surface area contributed by atoms with Crippen molar-refractivity contribution in [2.24, 2.45) is 10.1 Å². The largest absolute Gasteiger partial charge is 0.497 e. The monoisotopic (exact) mass is 414 g/mol. The van der Waals surface area contributed by atoms with Crippen molar-refractivity contribution in [2.45, 2.75) is 6.92 Å². The molecule has 0 spiro atoms. The van der Waals surface area contributed by atoms with Gasteiger partial charge in [0.2, 0.25) is 4.80 Å². The van der Waals surface area contributed by atoms with Crippen molar-refractivity contribution in [1.82, 2.24) is 9.66 Å². The lowest BCUT2D eigenvalue weighted by molar-refractivity contribution is 0.415. The fourth-order valence-electron chi connectivity index (χ4n) is 3.16. The molecule has 0 fully saturated rings. The second-order valence-electron chi connectivity index (χ2n) is 6.69. The van der Waals surface area contributed by atoms with Crippen molar-refractivity contribution in [3.63, 3.8) is 0 Å². The number of nitrogens with zero attached hydrogens (tertiary/aromatic N) is 4. The van der Waals surface area contributed by atoms with E-state index < -0.39 is 0 Å². The molecule has 30 heavy (non-hydrogen) atoms. The Morgan fingerprint density at radius 1 is 1.13 bits per heavy atom. The van der Waals surface area contributed by atoms with Crippen molar-refractivity contribution in [3.8, 4) is 17.0 Å². The van der Waals surface area contributed by atoms with Crippen LogP contribution in [0.25, 0.3) is 22.0 Å². The van der Waals surface area contributed by atoms with Gasteiger partial charge in [0.15, 0.2) is 0 Å². The molecule has 4 aromatic rings. The standard InChI is InChI=1S/C24H22N4OS/c1-4-11-26-24-28(27-17(2)18-9-12-25-13-10-18)23(16-30-24)21-6-5-20-15-22(29-3)8-7-19(20)14-21/h4-10,12-16H,1,11H2,2-3H3. The highest BCUT2D eigenvalue weighted by Crippen LogP contribution is 2.27. The Hall–Kier alpha value is -3.51. The van der Waals surface area contributed by atoms with Crippen molar-refractivity contribution < 1.29 is 4.74 Å². The minimum Gasteiger partial charge on any atom is -0.497 e. The van der Waals surface area contributed by atoms with Crippen molar-refractivity contribution in [1.29, 1.82) is 0 Å². The van der Waals surface area contributed by atoms with Gasteiger partial charge in [-0.1, -0.05) is 24.3 Å². The third-order valence-corrected chi connectivity index (χ3v) is 5.59. The van der Waals surface area contributed by atoms with Gasteiger partial charge in [0, 0.05) is 28.9 Å². The second kappa shape index (κ2) is 8.88. The maximum atomic E-state index is 5.34. The quantitative estimate of drug-likeness (QED) is 0.324. The zero-order valence-corrected chi connectivity index (χ0v) is 17.8. The van der Waals surface area contributed by atoms with E-state index in [9.17, 15) is 0 Å². The molecule has 0 unspecified atom stereocenters. The van der Waals surface area contributed by atoms with E-state index in [4.69, 9.17) is 9.84 Å². The Kier molecular flexibility index (Phi) is 5.86. The van der Waals surface area contributed by atoms with Gasteiger partial charge in [-0.3, -0.25) is 9.98 Å². The number of ether oxygens (including phenoxy) is 1. The number of rotatable bonds is 6. The lowest BCUT2D eigenvalue weighted by Crippen LogP contribution is -2.14. The molecule has 0 atom stereocenters. The van der Waals surface area contributed by atoms with Crippen LogP contribution in [0.15, 0.2) is 89.1 Å². The van der Waals surface area contributed by atoms with Crippen molar-refractivity contribution >= 4 is 27.8 Å². The first-order valence-electron chi connectivity index (χ1n) is 9.55. The van der Waals surface area contributed by atoms with E-state index in [2.05, 4.69) is 46.2 Å². The first-order valence-corrected chi connectivity index (χ1v) is 10.4. The summed E-state index contributed by atoms with van der Waals surface area (Å²) in [5.74, 6) is 0.851. The molecular formula is C24H22N4OS. The van der Waals surface area contributed by atoms with Crippen LogP contribution in [0.2, 0.25) is 0 Å². The van der Waals surface area contributed by atoms with Crippen LogP contribution in [-0.4, -0.2) is 29.0 Å². The van der Waals surface area contributed by atoms with Crippen LogP contribution in [0.3, 0.4) is 0 Å². The predicted octanol–water partition coefficient (Wildman–Crippen LogP) is 5.13. The molecule has 4 rings (SSSR count). The fraction of sp³-hybridized carbons (Fsp3) is 0.125. The van der Waals surface area contributed by atoms with Gasteiger partial charge in [-0.25, -0.2) is 4.68 Å². The molecule has 0 saturated heterocycles. The summed E-state index contributed by atoms with van der Waals surface area (Å²) in [7, 11) is 1.68. The third kappa shape index (κ3) is 4.09. The summed E-state index contributed by atoms with van der Waals surface area (Å²) in [5.41, 5.74) is 3.99. The van der Waals surface area contributed by atoms with Crippen LogP contribution < -0.4 is 9.54 Å². The summed E-state index contributed by atoms with van der Waals surface area (Å²) in [4.78, 5) is 9.55. The molecular weight excluding hydrogens is 392 g/mol. The second-order valence-corrected chi connectivity index (χ2v) is 7.53. The minimum absolute atomic E-state index is 0.543. The number of pyridine rings is 1. The lowest BCUT2D eigenvalue weighted by atomic mass is 10.1. The molecule has 0 aliphatic carbocycles. The Morgan fingerprint density at radius 2 is 1.90 bits per heavy atom. The van der Waals surface area contributed by atoms with Crippen molar-refractivity contribution in [3.05, 3.63) is 89.3 Å². The molecule has 6 heteroatoms. The molecule has 0 radical (unpaired) electrons. The number of thiazole rings is 1. The maximum absolute atomic E-state index is 5.34. The van der Waals surface area contributed by atoms with Gasteiger partial charge in [0.25, 0.3) is 0 Å². The molecule has 150 valence electrons. The summed E-state index contributed by atoms with van der Waals surface area (Å²) in [6.07, 6.45) is 5.33. The van der Waals surface area contributed by atoms with E-state index in [0.29, 0.717) is 6.54 Å². The molecule has 0 aliphatic heterocycles. The summed E-state index contributed by atoms with van der Waals surface area (Å²) in [5, 5.41) is 9.26. The van der Waals surface area contributed by atoms with Gasteiger partial charge in [-0.15, -0.1) is 17.9 Å². The Morgan fingerprint density at radius 3 is 2.67 bits per heavy atom. The average molecular weight is 415 g/mol. The van der Waals surface area contributed by atoms with E-state index in [1.165, 1.54) is 0 Å². The number of methoxy groups -OCH3 is 1. The maximum Gasteiger partial charge on any atom is 0.206 e. The summed E-state index contributed by atoms with van der Waals surface area (Å²) < 4.78 is 7.25. The summed E-state index contributed by atoms with van der Waals surface area (Å²) in [6, 6.07) is 16.4. The molecule has 0 aliphatic rings. The molecule has 5 nitrogen and oxygen atoms in total. The predicted molar refractivity (Wildman–Crippen MR) is 124 cm³/mol. The van der Waals surface area contributed by atoms with Gasteiger partial charge >= 0.3 is 0 Å². The number of benzene rings is 2. The smallest absolute Gasteiger partial charge is 0.206 e. The van der Waals surface area contributed by atoms with Gasteiger partial charge in [0.1, 0.15) is 5.75 Å². The first kappa shape index (κ1) is 19.8. The first-order chi connectivity index (χ1) is 14.7. The van der Waals surface area contributed by atoms with E-state index in [-0.39, 0.29) is 0 Å². The molecule has 2 aromatic heterocycles. The Labute approximate surface area is 179 Å². The normalized spacial score (nSPS) is 12.3. The lowest BCUT2D eigenvalue weighted by Gasteiger charge is -2.08. The molecule has 2 aromatic carbocycles. The zero-order chi connectivity index (χ0) is 20.9. The van der Waals surface area contributed by atoms with Gasteiger partial charge in [-0.05, 0) is 48.0 Å². The number of hydrogen-bond acceptors (Lipinski definition) is 5. The Bertz CT molecular complexity index is 1290. The zero-order valence-electron chi connectivity index (χ0n) is 16.9. The van der Waals surface area contributed by atoms with Gasteiger partial charge < -0.3 is 4.74 Å². The fourth-order valence-corrected chi connectivity index (χ4v) is 4.00. The van der Waals surface area contributed by atoms with E-state index in [1.807, 2.05) is 35.9 Å². The molecule has 0 bridgehead atoms. The van der Waals surface area contributed by atoms with Gasteiger partial charge in [0.05, 0.1) is 25.1 Å². The Balaban J connectivity index is 1.85. The van der Waals surface area contributed by atoms with E-state index in [1.54, 1.807) is 36.9 Å². The highest BCUT2D eigenvalue weighted by atomic mass is 32.1.